The van der Waals surface area contributed by atoms with Gasteiger partial charge in [-0.3, -0.25) is 4.90 Å². The number of anilines is 2. The number of alkyl halides is 1. The van der Waals surface area contributed by atoms with E-state index in [0.29, 0.717) is 45.2 Å². The molecule has 1 spiro atoms. The smallest absolute Gasteiger partial charge is 0.318 e. The first-order valence-corrected chi connectivity index (χ1v) is 15.2. The molecule has 0 saturated carbocycles. The zero-order valence-corrected chi connectivity index (χ0v) is 23.6. The van der Waals surface area contributed by atoms with E-state index in [2.05, 4.69) is 21.9 Å². The van der Waals surface area contributed by atoms with Gasteiger partial charge in [-0.2, -0.15) is 9.97 Å². The molecule has 3 saturated heterocycles. The molecule has 3 N–H and O–H groups in total. The Bertz CT molecular complexity index is 1290. The van der Waals surface area contributed by atoms with E-state index >= 15 is 0 Å². The molecule has 9 heteroatoms. The van der Waals surface area contributed by atoms with Gasteiger partial charge in [0.1, 0.15) is 18.6 Å². The standard InChI is InChI=1S/C31H42FN5O3/c1-29(38)9-2-3-12-36(19-29)27-24-18-40-31(11-4-6-21-7-8-23(33)14-25(21)31)16-26(24)34-28(35-27)39-20-30-10-5-13-37(30)17-22(32)15-30/h7-8,14,22,38H,2-6,9-13,15-20,33H2,1H3/t22-,29-,30?,31?/m1/s1. The summed E-state index contributed by atoms with van der Waals surface area (Å²) in [5.41, 5.74) is 9.84. The monoisotopic (exact) mass is 551 g/mol. The molecule has 4 atom stereocenters. The van der Waals surface area contributed by atoms with Gasteiger partial charge in [0, 0.05) is 43.7 Å². The number of hydrogen-bond acceptors (Lipinski definition) is 8. The molecule has 0 amide bonds. The first-order chi connectivity index (χ1) is 19.2. The second kappa shape index (κ2) is 9.81. The van der Waals surface area contributed by atoms with Crippen LogP contribution in [0.25, 0.3) is 0 Å². The number of nitrogens with two attached hydrogens (primary N) is 1. The van der Waals surface area contributed by atoms with Crippen molar-refractivity contribution in [1.82, 2.24) is 14.9 Å². The normalized spacial score (nSPS) is 33.9. The number of aryl methyl sites for hydroxylation is 1. The van der Waals surface area contributed by atoms with Crippen molar-refractivity contribution < 1.29 is 19.0 Å². The summed E-state index contributed by atoms with van der Waals surface area (Å²) in [4.78, 5) is 14.4. The summed E-state index contributed by atoms with van der Waals surface area (Å²) in [5, 5.41) is 11.1. The summed E-state index contributed by atoms with van der Waals surface area (Å²) in [6.45, 7) is 5.43. The number of β-amino-alcohol motifs (C(OH)–C–C–N with tert-alkyl or cyclic N) is 1. The molecule has 4 aliphatic heterocycles. The summed E-state index contributed by atoms with van der Waals surface area (Å²) < 4.78 is 27.6. The molecule has 2 unspecified atom stereocenters. The van der Waals surface area contributed by atoms with Gasteiger partial charge in [-0.05, 0) is 88.1 Å². The van der Waals surface area contributed by atoms with Crippen LogP contribution >= 0.6 is 0 Å². The highest BCUT2D eigenvalue weighted by atomic mass is 19.1. The van der Waals surface area contributed by atoms with Gasteiger partial charge >= 0.3 is 6.01 Å². The van der Waals surface area contributed by atoms with Crippen LogP contribution in [0.1, 0.15) is 80.7 Å². The lowest BCUT2D eigenvalue weighted by atomic mass is 9.74. The molecule has 8 nitrogen and oxygen atoms in total. The zero-order valence-electron chi connectivity index (χ0n) is 23.6. The maximum atomic E-state index is 14.4. The van der Waals surface area contributed by atoms with Crippen molar-refractivity contribution in [2.45, 2.75) is 101 Å². The summed E-state index contributed by atoms with van der Waals surface area (Å²) in [6.07, 6.45) is 8.03. The SMILES string of the molecule is C[C@@]1(O)CCCCN(c2nc(OCC34CCCN3C[C@H](F)C4)nc3c2COC2(CCCc4ccc(N)cc42)C3)C1. The highest BCUT2D eigenvalue weighted by Crippen LogP contribution is 2.47. The highest BCUT2D eigenvalue weighted by Gasteiger charge is 2.50. The van der Waals surface area contributed by atoms with E-state index in [9.17, 15) is 9.50 Å². The van der Waals surface area contributed by atoms with Crippen LogP contribution in [0, 0.1) is 0 Å². The van der Waals surface area contributed by atoms with Gasteiger partial charge in [0.25, 0.3) is 0 Å². The van der Waals surface area contributed by atoms with Gasteiger partial charge in [-0.25, -0.2) is 4.39 Å². The molecule has 216 valence electrons. The Balaban J connectivity index is 1.26. The fraction of sp³-hybridized carbons (Fsp3) is 0.677. The third-order valence-corrected chi connectivity index (χ3v) is 10.1. The van der Waals surface area contributed by atoms with Crippen LogP contribution in [0.4, 0.5) is 15.9 Å². The molecule has 7 rings (SSSR count). The molecule has 5 aliphatic rings. The molecule has 1 aromatic carbocycles. The quantitative estimate of drug-likeness (QED) is 0.550. The predicted octanol–water partition coefficient (Wildman–Crippen LogP) is 4.06. The Morgan fingerprint density at radius 1 is 1.15 bits per heavy atom. The van der Waals surface area contributed by atoms with E-state index in [1.807, 2.05) is 13.0 Å². The topological polar surface area (TPSA) is 97.0 Å². The van der Waals surface area contributed by atoms with Crippen LogP contribution in [0.15, 0.2) is 18.2 Å². The molecule has 3 fully saturated rings. The van der Waals surface area contributed by atoms with E-state index in [0.717, 1.165) is 87.2 Å². The molecule has 1 aromatic heterocycles. The number of ether oxygens (including phenoxy) is 2. The highest BCUT2D eigenvalue weighted by molar-refractivity contribution is 5.54. The van der Waals surface area contributed by atoms with Gasteiger partial charge in [0.15, 0.2) is 0 Å². The van der Waals surface area contributed by atoms with E-state index in [1.54, 1.807) is 0 Å². The first-order valence-electron chi connectivity index (χ1n) is 15.2. The molecule has 40 heavy (non-hydrogen) atoms. The van der Waals surface area contributed by atoms with E-state index in [1.165, 1.54) is 11.1 Å². The van der Waals surface area contributed by atoms with Gasteiger partial charge in [-0.15, -0.1) is 0 Å². The Morgan fingerprint density at radius 2 is 2.05 bits per heavy atom. The fourth-order valence-corrected chi connectivity index (χ4v) is 8.12. The molecule has 0 bridgehead atoms. The minimum absolute atomic E-state index is 0.269. The maximum Gasteiger partial charge on any atom is 0.318 e. The lowest BCUT2D eigenvalue weighted by Crippen LogP contribution is -2.44. The zero-order chi connectivity index (χ0) is 27.5. The number of aliphatic hydroxyl groups is 1. The number of benzene rings is 1. The van der Waals surface area contributed by atoms with Crippen LogP contribution in [-0.4, -0.2) is 70.1 Å². The second-order valence-corrected chi connectivity index (χ2v) is 13.2. The van der Waals surface area contributed by atoms with Gasteiger partial charge < -0.3 is 25.2 Å². The number of halogens is 1. The van der Waals surface area contributed by atoms with Gasteiger partial charge in [0.2, 0.25) is 0 Å². The van der Waals surface area contributed by atoms with Crippen molar-refractivity contribution in [3.63, 3.8) is 0 Å². The van der Waals surface area contributed by atoms with E-state index < -0.39 is 17.4 Å². The summed E-state index contributed by atoms with van der Waals surface area (Å²) >= 11 is 0. The van der Waals surface area contributed by atoms with Crippen molar-refractivity contribution in [2.75, 3.05) is 43.4 Å². The summed E-state index contributed by atoms with van der Waals surface area (Å²) in [5.74, 6) is 0.802. The molecular formula is C31H42FN5O3. The Hall–Kier alpha value is -2.49. The minimum Gasteiger partial charge on any atom is -0.461 e. The fourth-order valence-electron chi connectivity index (χ4n) is 8.12. The van der Waals surface area contributed by atoms with Crippen molar-refractivity contribution >= 4 is 11.5 Å². The number of fused-ring (bicyclic) bond motifs is 4. The second-order valence-electron chi connectivity index (χ2n) is 13.2. The largest absolute Gasteiger partial charge is 0.461 e. The Morgan fingerprint density at radius 3 is 2.95 bits per heavy atom. The van der Waals surface area contributed by atoms with Gasteiger partial charge in [-0.1, -0.05) is 6.07 Å². The molecular weight excluding hydrogens is 509 g/mol. The van der Waals surface area contributed by atoms with Crippen LogP contribution in [-0.2, 0) is 29.8 Å². The predicted molar refractivity (Wildman–Crippen MR) is 151 cm³/mol. The average Bonchev–Trinajstić information content (AvgIpc) is 3.38. The van der Waals surface area contributed by atoms with Crippen molar-refractivity contribution in [3.8, 4) is 6.01 Å². The maximum absolute atomic E-state index is 14.4. The van der Waals surface area contributed by atoms with Crippen LogP contribution < -0.4 is 15.4 Å². The number of aromatic nitrogens is 2. The Labute approximate surface area is 236 Å². The number of hydrogen-bond donors (Lipinski definition) is 2. The number of rotatable bonds is 4. The van der Waals surface area contributed by atoms with Crippen LogP contribution in [0.5, 0.6) is 6.01 Å². The first kappa shape index (κ1) is 26.4. The van der Waals surface area contributed by atoms with Crippen LogP contribution in [0.2, 0.25) is 0 Å². The summed E-state index contributed by atoms with van der Waals surface area (Å²) in [6, 6.07) is 6.53. The molecule has 2 aromatic rings. The van der Waals surface area contributed by atoms with E-state index in [4.69, 9.17) is 25.2 Å². The molecule has 0 radical (unpaired) electrons. The van der Waals surface area contributed by atoms with E-state index in [-0.39, 0.29) is 5.54 Å². The summed E-state index contributed by atoms with van der Waals surface area (Å²) in [7, 11) is 0. The molecule has 5 heterocycles. The third kappa shape index (κ3) is 4.64. The number of nitrogens with zero attached hydrogens (tertiary/aromatic N) is 4. The van der Waals surface area contributed by atoms with Crippen molar-refractivity contribution in [1.29, 1.82) is 0 Å². The van der Waals surface area contributed by atoms with Crippen LogP contribution in [0.3, 0.4) is 0 Å². The lowest BCUT2D eigenvalue weighted by molar-refractivity contribution is -0.0855. The van der Waals surface area contributed by atoms with Crippen molar-refractivity contribution in [2.24, 2.45) is 0 Å². The number of nitrogen functional groups attached to an aromatic ring is 1. The minimum atomic E-state index is -0.806. The lowest BCUT2D eigenvalue weighted by Gasteiger charge is -2.43. The van der Waals surface area contributed by atoms with Gasteiger partial charge in [0.05, 0.1) is 29.0 Å². The Kier molecular flexibility index (Phi) is 6.48. The third-order valence-electron chi connectivity index (χ3n) is 10.1. The van der Waals surface area contributed by atoms with Crippen molar-refractivity contribution in [3.05, 3.63) is 40.6 Å². The average molecular weight is 552 g/mol. The molecule has 1 aliphatic carbocycles.